The molecule has 0 saturated heterocycles. The minimum Gasteiger partial charge on any atom is -0.497 e. The first-order valence-electron chi connectivity index (χ1n) is 9.56. The van der Waals surface area contributed by atoms with Crippen LogP contribution in [0.4, 0.5) is 17.1 Å². The predicted molar refractivity (Wildman–Crippen MR) is 116 cm³/mol. The van der Waals surface area contributed by atoms with Gasteiger partial charge in [-0.25, -0.2) is 0 Å². The Labute approximate surface area is 163 Å². The molecule has 3 aromatic rings. The monoisotopic (exact) mass is 359 g/mol. The van der Waals surface area contributed by atoms with Crippen LogP contribution in [-0.4, -0.2) is 7.11 Å². The highest BCUT2D eigenvalue weighted by Gasteiger charge is 2.19. The maximum absolute atomic E-state index is 5.32. The quantitative estimate of drug-likeness (QED) is 0.463. The van der Waals surface area contributed by atoms with Crippen LogP contribution in [0.2, 0.25) is 0 Å². The summed E-state index contributed by atoms with van der Waals surface area (Å²) in [5.74, 6) is 0.864. The molecule has 0 spiro atoms. The van der Waals surface area contributed by atoms with E-state index in [1.165, 1.54) is 11.1 Å². The highest BCUT2D eigenvalue weighted by molar-refractivity contribution is 5.76. The van der Waals surface area contributed by atoms with Crippen molar-refractivity contribution in [1.82, 2.24) is 0 Å². The average Bonchev–Trinajstić information content (AvgIpc) is 2.70. The summed E-state index contributed by atoms with van der Waals surface area (Å²) in [6, 6.07) is 25.8. The Bertz CT molecular complexity index is 862. The van der Waals surface area contributed by atoms with Crippen LogP contribution in [0.3, 0.4) is 0 Å². The molecule has 0 N–H and O–H groups in total. The molecule has 2 heteroatoms. The number of anilines is 3. The van der Waals surface area contributed by atoms with Gasteiger partial charge in [0.25, 0.3) is 0 Å². The third-order valence-corrected chi connectivity index (χ3v) is 5.41. The van der Waals surface area contributed by atoms with E-state index in [1.54, 1.807) is 7.11 Å². The molecular formula is C25H29NO. The van der Waals surface area contributed by atoms with Crippen molar-refractivity contribution in [1.29, 1.82) is 0 Å². The number of aryl methyl sites for hydroxylation is 1. The molecule has 0 aliphatic rings. The van der Waals surface area contributed by atoms with Gasteiger partial charge in [0.1, 0.15) is 5.75 Å². The standard InChI is InChI=1S/C25H29NO/c1-6-25(3,4)20-9-13-22(14-10-20)26(21-11-7-19(2)8-12-21)23-15-17-24(27-5)18-16-23/h7-18H,6H2,1-5H3. The molecule has 0 aromatic heterocycles. The molecular weight excluding hydrogens is 330 g/mol. The molecule has 3 aromatic carbocycles. The molecule has 0 atom stereocenters. The second-order valence-electron chi connectivity index (χ2n) is 7.65. The normalized spacial score (nSPS) is 11.3. The summed E-state index contributed by atoms with van der Waals surface area (Å²) in [5.41, 5.74) is 6.23. The molecule has 0 aliphatic heterocycles. The molecule has 140 valence electrons. The summed E-state index contributed by atoms with van der Waals surface area (Å²) >= 11 is 0. The van der Waals surface area contributed by atoms with Crippen LogP contribution in [0, 0.1) is 6.92 Å². The molecule has 0 bridgehead atoms. The van der Waals surface area contributed by atoms with Crippen molar-refractivity contribution in [3.63, 3.8) is 0 Å². The first kappa shape index (κ1) is 19.0. The Balaban J connectivity index is 2.05. The van der Waals surface area contributed by atoms with Gasteiger partial charge in [-0.1, -0.05) is 50.6 Å². The van der Waals surface area contributed by atoms with Crippen molar-refractivity contribution >= 4 is 17.1 Å². The highest BCUT2D eigenvalue weighted by atomic mass is 16.5. The minimum atomic E-state index is 0.188. The second kappa shape index (κ2) is 7.87. The number of rotatable bonds is 6. The third kappa shape index (κ3) is 4.16. The summed E-state index contributed by atoms with van der Waals surface area (Å²) in [5, 5.41) is 0. The zero-order valence-electron chi connectivity index (χ0n) is 17.0. The van der Waals surface area contributed by atoms with Gasteiger partial charge in [0.05, 0.1) is 7.11 Å². The van der Waals surface area contributed by atoms with E-state index in [9.17, 15) is 0 Å². The van der Waals surface area contributed by atoms with Crippen molar-refractivity contribution in [2.24, 2.45) is 0 Å². The van der Waals surface area contributed by atoms with E-state index in [0.29, 0.717) is 0 Å². The number of nitrogens with zero attached hydrogens (tertiary/aromatic N) is 1. The second-order valence-corrected chi connectivity index (χ2v) is 7.65. The van der Waals surface area contributed by atoms with Gasteiger partial charge in [0.15, 0.2) is 0 Å². The average molecular weight is 360 g/mol. The number of hydrogen-bond acceptors (Lipinski definition) is 2. The lowest BCUT2D eigenvalue weighted by Gasteiger charge is -2.28. The molecule has 27 heavy (non-hydrogen) atoms. The Morgan fingerprint density at radius 3 is 1.63 bits per heavy atom. The molecule has 3 rings (SSSR count). The van der Waals surface area contributed by atoms with Crippen molar-refractivity contribution in [2.75, 3.05) is 12.0 Å². The van der Waals surface area contributed by atoms with Crippen molar-refractivity contribution in [3.05, 3.63) is 83.9 Å². The van der Waals surface area contributed by atoms with Crippen molar-refractivity contribution < 1.29 is 4.74 Å². The van der Waals surface area contributed by atoms with Gasteiger partial charge in [-0.2, -0.15) is 0 Å². The van der Waals surface area contributed by atoms with Crippen LogP contribution in [0.15, 0.2) is 72.8 Å². The van der Waals surface area contributed by atoms with Gasteiger partial charge < -0.3 is 9.64 Å². The van der Waals surface area contributed by atoms with E-state index in [1.807, 2.05) is 12.1 Å². The lowest BCUT2D eigenvalue weighted by Crippen LogP contribution is -2.16. The van der Waals surface area contributed by atoms with Gasteiger partial charge in [0.2, 0.25) is 0 Å². The van der Waals surface area contributed by atoms with Crippen molar-refractivity contribution in [3.8, 4) is 5.75 Å². The third-order valence-electron chi connectivity index (χ3n) is 5.41. The molecule has 0 fully saturated rings. The topological polar surface area (TPSA) is 12.5 Å². The SMILES string of the molecule is CCC(C)(C)c1ccc(N(c2ccc(C)cc2)c2ccc(OC)cc2)cc1. The molecule has 0 aliphatic carbocycles. The fourth-order valence-corrected chi connectivity index (χ4v) is 3.14. The number of hydrogen-bond donors (Lipinski definition) is 0. The molecule has 0 unspecified atom stereocenters. The van der Waals surface area contributed by atoms with E-state index in [2.05, 4.69) is 93.3 Å². The number of ether oxygens (including phenoxy) is 1. The van der Waals surface area contributed by atoms with Gasteiger partial charge in [-0.05, 0) is 72.9 Å². The van der Waals surface area contributed by atoms with Gasteiger partial charge in [-0.15, -0.1) is 0 Å². The predicted octanol–water partition coefficient (Wildman–Crippen LogP) is 7.16. The zero-order valence-corrected chi connectivity index (χ0v) is 17.0. The van der Waals surface area contributed by atoms with E-state index in [-0.39, 0.29) is 5.41 Å². The summed E-state index contributed by atoms with van der Waals surface area (Å²) in [6.45, 7) is 8.94. The minimum absolute atomic E-state index is 0.188. The maximum Gasteiger partial charge on any atom is 0.119 e. The van der Waals surface area contributed by atoms with Crippen LogP contribution in [-0.2, 0) is 5.41 Å². The van der Waals surface area contributed by atoms with Crippen LogP contribution in [0.5, 0.6) is 5.75 Å². The van der Waals surface area contributed by atoms with E-state index >= 15 is 0 Å². The van der Waals surface area contributed by atoms with E-state index in [0.717, 1.165) is 29.2 Å². The Kier molecular flexibility index (Phi) is 5.55. The van der Waals surface area contributed by atoms with Crippen LogP contribution < -0.4 is 9.64 Å². The summed E-state index contributed by atoms with van der Waals surface area (Å²) in [6.07, 6.45) is 1.12. The highest BCUT2D eigenvalue weighted by Crippen LogP contribution is 2.37. The molecule has 0 heterocycles. The first-order chi connectivity index (χ1) is 12.9. The number of methoxy groups -OCH3 is 1. The summed E-state index contributed by atoms with van der Waals surface area (Å²) in [4.78, 5) is 2.28. The van der Waals surface area contributed by atoms with Crippen LogP contribution >= 0.6 is 0 Å². The smallest absolute Gasteiger partial charge is 0.119 e. The lowest BCUT2D eigenvalue weighted by atomic mass is 9.82. The Hall–Kier alpha value is -2.74. The molecule has 0 saturated carbocycles. The van der Waals surface area contributed by atoms with Crippen LogP contribution in [0.25, 0.3) is 0 Å². The molecule has 2 nitrogen and oxygen atoms in total. The van der Waals surface area contributed by atoms with Gasteiger partial charge >= 0.3 is 0 Å². The van der Waals surface area contributed by atoms with Gasteiger partial charge in [-0.3, -0.25) is 0 Å². The van der Waals surface area contributed by atoms with Crippen molar-refractivity contribution in [2.45, 2.75) is 39.5 Å². The van der Waals surface area contributed by atoms with E-state index < -0.39 is 0 Å². The van der Waals surface area contributed by atoms with E-state index in [4.69, 9.17) is 4.74 Å². The Morgan fingerprint density at radius 2 is 1.19 bits per heavy atom. The van der Waals surface area contributed by atoms with Gasteiger partial charge in [0, 0.05) is 17.1 Å². The van der Waals surface area contributed by atoms with Crippen LogP contribution in [0.1, 0.15) is 38.3 Å². The fourth-order valence-electron chi connectivity index (χ4n) is 3.14. The Morgan fingerprint density at radius 1 is 0.741 bits per heavy atom. The number of benzene rings is 3. The maximum atomic E-state index is 5.32. The largest absolute Gasteiger partial charge is 0.497 e. The molecule has 0 radical (unpaired) electrons. The first-order valence-corrected chi connectivity index (χ1v) is 9.56. The summed E-state index contributed by atoms with van der Waals surface area (Å²) in [7, 11) is 1.70. The fraction of sp³-hybridized carbons (Fsp3) is 0.280. The summed E-state index contributed by atoms with van der Waals surface area (Å²) < 4.78 is 5.32. The lowest BCUT2D eigenvalue weighted by molar-refractivity contribution is 0.415. The molecule has 0 amide bonds. The zero-order chi connectivity index (χ0) is 19.4.